The number of hydrogen-bond donors (Lipinski definition) is 2. The van der Waals surface area contributed by atoms with E-state index in [9.17, 15) is 4.79 Å². The van der Waals surface area contributed by atoms with Crippen molar-refractivity contribution in [2.24, 2.45) is 0 Å². The zero-order chi connectivity index (χ0) is 13.3. The monoisotopic (exact) mass is 242 g/mol. The van der Waals surface area contributed by atoms with Crippen LogP contribution < -0.4 is 10.6 Å². The number of carbonyl (C=O) groups excluding carboxylic acids is 1. The molecule has 0 saturated carbocycles. The number of nitrogens with one attached hydrogen (secondary N) is 2. The zero-order valence-electron chi connectivity index (χ0n) is 12.2. The van der Waals surface area contributed by atoms with E-state index in [4.69, 9.17) is 0 Å². The number of unbranched alkanes of at least 4 members (excludes halogenated alkanes) is 1. The van der Waals surface area contributed by atoms with E-state index in [-0.39, 0.29) is 11.9 Å². The summed E-state index contributed by atoms with van der Waals surface area (Å²) in [7, 11) is 0. The number of amides is 1. The highest BCUT2D eigenvalue weighted by molar-refractivity contribution is 5.81. The molecular formula is C14H30N2O. The third-order valence-corrected chi connectivity index (χ3v) is 3.25. The molecule has 0 bridgehead atoms. The van der Waals surface area contributed by atoms with Crippen LogP contribution in [0.2, 0.25) is 0 Å². The van der Waals surface area contributed by atoms with Crippen LogP contribution in [0.4, 0.5) is 0 Å². The van der Waals surface area contributed by atoms with Crippen molar-refractivity contribution in [1.29, 1.82) is 0 Å². The van der Waals surface area contributed by atoms with Gasteiger partial charge in [0.15, 0.2) is 0 Å². The van der Waals surface area contributed by atoms with Crippen molar-refractivity contribution >= 4 is 5.91 Å². The molecule has 0 aromatic carbocycles. The van der Waals surface area contributed by atoms with Crippen LogP contribution in [0.3, 0.4) is 0 Å². The summed E-state index contributed by atoms with van der Waals surface area (Å²) in [5, 5.41) is 6.43. The molecule has 0 aliphatic rings. The van der Waals surface area contributed by atoms with Gasteiger partial charge in [-0.25, -0.2) is 0 Å². The Balaban J connectivity index is 3.95. The number of rotatable bonds is 9. The first-order valence-electron chi connectivity index (χ1n) is 7.11. The van der Waals surface area contributed by atoms with Gasteiger partial charge < -0.3 is 10.6 Å². The maximum atomic E-state index is 11.9. The minimum Gasteiger partial charge on any atom is -0.352 e. The zero-order valence-corrected chi connectivity index (χ0v) is 12.2. The van der Waals surface area contributed by atoms with Gasteiger partial charge in [0, 0.05) is 12.1 Å². The Bertz CT molecular complexity index is 202. The number of hydrogen-bond acceptors (Lipinski definition) is 2. The van der Waals surface area contributed by atoms with Crippen molar-refractivity contribution in [3.8, 4) is 0 Å². The van der Waals surface area contributed by atoms with Gasteiger partial charge in [-0.2, -0.15) is 0 Å². The van der Waals surface area contributed by atoms with E-state index in [2.05, 4.69) is 38.3 Å². The fraction of sp³-hybridized carbons (Fsp3) is 0.929. The van der Waals surface area contributed by atoms with Gasteiger partial charge in [-0.1, -0.05) is 33.6 Å². The van der Waals surface area contributed by atoms with Crippen LogP contribution in [0.25, 0.3) is 0 Å². The molecule has 0 heterocycles. The van der Waals surface area contributed by atoms with E-state index < -0.39 is 0 Å². The molecule has 3 nitrogen and oxygen atoms in total. The summed E-state index contributed by atoms with van der Waals surface area (Å²) in [5.74, 6) is 0.127. The van der Waals surface area contributed by atoms with E-state index >= 15 is 0 Å². The molecule has 0 aliphatic carbocycles. The second-order valence-corrected chi connectivity index (χ2v) is 4.95. The largest absolute Gasteiger partial charge is 0.352 e. The van der Waals surface area contributed by atoms with Crippen molar-refractivity contribution in [2.75, 3.05) is 0 Å². The lowest BCUT2D eigenvalue weighted by atomic mass is 10.1. The fourth-order valence-electron chi connectivity index (χ4n) is 1.92. The maximum absolute atomic E-state index is 11.9. The lowest BCUT2D eigenvalue weighted by Gasteiger charge is -2.22. The van der Waals surface area contributed by atoms with E-state index in [0.717, 1.165) is 19.3 Å². The molecule has 2 N–H and O–H groups in total. The Kier molecular flexibility index (Phi) is 9.14. The molecule has 2 unspecified atom stereocenters. The molecule has 0 saturated heterocycles. The average molecular weight is 242 g/mol. The molecule has 1 amide bonds. The van der Waals surface area contributed by atoms with Gasteiger partial charge in [-0.15, -0.1) is 0 Å². The summed E-state index contributed by atoms with van der Waals surface area (Å²) in [5.41, 5.74) is 0. The van der Waals surface area contributed by atoms with Crippen LogP contribution in [0.1, 0.15) is 66.7 Å². The molecule has 17 heavy (non-hydrogen) atoms. The van der Waals surface area contributed by atoms with E-state index in [1.807, 2.05) is 6.92 Å². The number of carbonyl (C=O) groups is 1. The topological polar surface area (TPSA) is 41.1 Å². The fourth-order valence-corrected chi connectivity index (χ4v) is 1.92. The van der Waals surface area contributed by atoms with Crippen molar-refractivity contribution in [3.63, 3.8) is 0 Å². The first kappa shape index (κ1) is 16.4. The third-order valence-electron chi connectivity index (χ3n) is 3.25. The average Bonchev–Trinajstić information content (AvgIpc) is 2.32. The highest BCUT2D eigenvalue weighted by Crippen LogP contribution is 2.02. The van der Waals surface area contributed by atoms with Crippen LogP contribution >= 0.6 is 0 Å². The van der Waals surface area contributed by atoms with Gasteiger partial charge in [-0.05, 0) is 33.1 Å². The quantitative estimate of drug-likeness (QED) is 0.653. The predicted octanol–water partition coefficient (Wildman–Crippen LogP) is 2.85. The molecule has 0 aromatic rings. The molecule has 0 radical (unpaired) electrons. The second kappa shape index (κ2) is 9.46. The molecule has 0 aliphatic heterocycles. The summed E-state index contributed by atoms with van der Waals surface area (Å²) >= 11 is 0. The maximum Gasteiger partial charge on any atom is 0.237 e. The third kappa shape index (κ3) is 7.37. The van der Waals surface area contributed by atoms with Gasteiger partial charge in [0.25, 0.3) is 0 Å². The van der Waals surface area contributed by atoms with E-state index in [1.54, 1.807) is 0 Å². The molecule has 2 atom stereocenters. The Morgan fingerprint density at radius 2 is 1.71 bits per heavy atom. The minimum absolute atomic E-state index is 0.0949. The Morgan fingerprint density at radius 1 is 1.12 bits per heavy atom. The highest BCUT2D eigenvalue weighted by Gasteiger charge is 2.17. The van der Waals surface area contributed by atoms with Crippen molar-refractivity contribution in [2.45, 2.75) is 84.8 Å². The lowest BCUT2D eigenvalue weighted by Crippen LogP contribution is -2.48. The van der Waals surface area contributed by atoms with Crippen LogP contribution in [-0.2, 0) is 4.79 Å². The highest BCUT2D eigenvalue weighted by atomic mass is 16.2. The molecule has 3 heteroatoms. The van der Waals surface area contributed by atoms with Gasteiger partial charge in [0.2, 0.25) is 5.91 Å². The van der Waals surface area contributed by atoms with E-state index in [0.29, 0.717) is 12.1 Å². The molecule has 0 aromatic heterocycles. The minimum atomic E-state index is -0.0949. The van der Waals surface area contributed by atoms with Crippen LogP contribution in [0, 0.1) is 0 Å². The summed E-state index contributed by atoms with van der Waals surface area (Å²) in [6.07, 6.45) is 5.56. The molecular weight excluding hydrogens is 212 g/mol. The van der Waals surface area contributed by atoms with Crippen LogP contribution in [0.15, 0.2) is 0 Å². The van der Waals surface area contributed by atoms with Crippen LogP contribution in [-0.4, -0.2) is 24.0 Å². The van der Waals surface area contributed by atoms with E-state index in [1.165, 1.54) is 12.8 Å². The van der Waals surface area contributed by atoms with Gasteiger partial charge in [0.05, 0.1) is 6.04 Å². The smallest absolute Gasteiger partial charge is 0.237 e. The molecule has 0 rings (SSSR count). The first-order valence-corrected chi connectivity index (χ1v) is 7.11. The lowest BCUT2D eigenvalue weighted by molar-refractivity contribution is -0.123. The predicted molar refractivity (Wildman–Crippen MR) is 74.1 cm³/mol. The summed E-state index contributed by atoms with van der Waals surface area (Å²) in [4.78, 5) is 11.9. The first-order chi connectivity index (χ1) is 8.04. The second-order valence-electron chi connectivity index (χ2n) is 4.95. The Morgan fingerprint density at radius 3 is 2.18 bits per heavy atom. The van der Waals surface area contributed by atoms with Crippen molar-refractivity contribution < 1.29 is 4.79 Å². The Labute approximate surface area is 107 Å². The normalized spacial score (nSPS) is 14.7. The van der Waals surface area contributed by atoms with Gasteiger partial charge in [-0.3, -0.25) is 4.79 Å². The van der Waals surface area contributed by atoms with Crippen LogP contribution in [0.5, 0.6) is 0 Å². The van der Waals surface area contributed by atoms with Gasteiger partial charge in [0.1, 0.15) is 0 Å². The van der Waals surface area contributed by atoms with Crippen molar-refractivity contribution in [3.05, 3.63) is 0 Å². The molecule has 0 spiro atoms. The summed E-state index contributed by atoms with van der Waals surface area (Å²) < 4.78 is 0. The summed E-state index contributed by atoms with van der Waals surface area (Å²) in [6.45, 7) is 10.5. The summed E-state index contributed by atoms with van der Waals surface area (Å²) in [6, 6.07) is 0.637. The standard InChI is InChI=1S/C14H30N2O/c1-6-9-10-11(4)15-12(5)14(17)16-13(7-2)8-3/h11-13,15H,6-10H2,1-5H3,(H,16,17). The molecule has 102 valence electrons. The Hall–Kier alpha value is -0.570. The SMILES string of the molecule is CCCCC(C)NC(C)C(=O)NC(CC)CC. The van der Waals surface area contributed by atoms with Gasteiger partial charge >= 0.3 is 0 Å². The molecule has 0 fully saturated rings. The van der Waals surface area contributed by atoms with Crippen molar-refractivity contribution in [1.82, 2.24) is 10.6 Å².